The number of thioether (sulfide) groups is 1. The van der Waals surface area contributed by atoms with E-state index in [4.69, 9.17) is 0 Å². The number of hydrogen-bond donors (Lipinski definition) is 2. The Balaban J connectivity index is 0.00000338. The first kappa shape index (κ1) is 23.5. The Morgan fingerprint density at radius 3 is 2.62 bits per heavy atom. The second-order valence-corrected chi connectivity index (χ2v) is 8.88. The van der Waals surface area contributed by atoms with E-state index in [-0.39, 0.29) is 24.0 Å². The third-order valence-electron chi connectivity index (χ3n) is 4.13. The normalized spacial score (nSPS) is 16.0. The fraction of sp³-hybridized carbons (Fsp3) is 0.588. The van der Waals surface area contributed by atoms with Gasteiger partial charge < -0.3 is 10.6 Å². The van der Waals surface area contributed by atoms with E-state index in [1.807, 2.05) is 6.07 Å². The van der Waals surface area contributed by atoms with Gasteiger partial charge in [-0.25, -0.2) is 8.42 Å². The number of piperidine rings is 1. The second kappa shape index (κ2) is 12.0. The lowest BCUT2D eigenvalue weighted by Gasteiger charge is -2.26. The molecule has 0 radical (unpaired) electrons. The molecule has 2 N–H and O–H groups in total. The Labute approximate surface area is 178 Å². The predicted molar refractivity (Wildman–Crippen MR) is 121 cm³/mol. The molecule has 1 aromatic rings. The lowest BCUT2D eigenvalue weighted by molar-refractivity contribution is 0.346. The van der Waals surface area contributed by atoms with Crippen LogP contribution in [-0.2, 0) is 16.6 Å². The molecule has 0 aromatic heterocycles. The Morgan fingerprint density at radius 2 is 1.96 bits per heavy atom. The number of guanidine groups is 1. The van der Waals surface area contributed by atoms with Crippen molar-refractivity contribution >= 4 is 51.7 Å². The van der Waals surface area contributed by atoms with E-state index >= 15 is 0 Å². The van der Waals surface area contributed by atoms with E-state index in [9.17, 15) is 8.42 Å². The van der Waals surface area contributed by atoms with Crippen LogP contribution < -0.4 is 10.6 Å². The highest BCUT2D eigenvalue weighted by Crippen LogP contribution is 2.21. The maximum atomic E-state index is 12.8. The molecule has 6 nitrogen and oxygen atoms in total. The van der Waals surface area contributed by atoms with Crippen LogP contribution in [0.3, 0.4) is 0 Å². The molecule has 9 heteroatoms. The minimum Gasteiger partial charge on any atom is -0.356 e. The summed E-state index contributed by atoms with van der Waals surface area (Å²) in [5, 5.41) is 6.45. The summed E-state index contributed by atoms with van der Waals surface area (Å²) in [5.74, 6) is 1.72. The van der Waals surface area contributed by atoms with E-state index in [1.165, 1.54) is 0 Å². The highest BCUT2D eigenvalue weighted by Gasteiger charge is 2.25. The van der Waals surface area contributed by atoms with Crippen molar-refractivity contribution < 1.29 is 8.42 Å². The molecule has 0 amide bonds. The molecule has 0 atom stereocenters. The van der Waals surface area contributed by atoms with Gasteiger partial charge in [-0.3, -0.25) is 4.99 Å². The van der Waals surface area contributed by atoms with Crippen LogP contribution in [0, 0.1) is 0 Å². The van der Waals surface area contributed by atoms with E-state index in [2.05, 4.69) is 21.9 Å². The number of sulfonamides is 1. The van der Waals surface area contributed by atoms with Crippen LogP contribution in [0.1, 0.15) is 24.8 Å². The quantitative estimate of drug-likeness (QED) is 0.254. The van der Waals surface area contributed by atoms with Crippen LogP contribution in [0.2, 0.25) is 0 Å². The van der Waals surface area contributed by atoms with Crippen LogP contribution >= 0.6 is 35.7 Å². The number of aliphatic imine (C=N–C) groups is 1. The largest absolute Gasteiger partial charge is 0.356 e. The lowest BCUT2D eigenvalue weighted by atomic mass is 10.2. The van der Waals surface area contributed by atoms with E-state index in [1.54, 1.807) is 41.3 Å². The third kappa shape index (κ3) is 6.90. The number of nitrogens with one attached hydrogen (secondary N) is 2. The van der Waals surface area contributed by atoms with Crippen molar-refractivity contribution in [1.29, 1.82) is 0 Å². The molecule has 0 saturated carbocycles. The summed E-state index contributed by atoms with van der Waals surface area (Å²) in [4.78, 5) is 4.55. The van der Waals surface area contributed by atoms with Crippen molar-refractivity contribution in [3.05, 3.63) is 29.8 Å². The molecule has 1 aliphatic heterocycles. The molecule has 2 rings (SSSR count). The average molecular weight is 512 g/mol. The number of nitrogens with zero attached hydrogens (tertiary/aromatic N) is 2. The average Bonchev–Trinajstić information content (AvgIpc) is 2.65. The molecule has 1 fully saturated rings. The zero-order valence-electron chi connectivity index (χ0n) is 15.4. The minimum atomic E-state index is -3.39. The molecular weight excluding hydrogens is 483 g/mol. The topological polar surface area (TPSA) is 73.8 Å². The molecule has 0 bridgehead atoms. The molecule has 1 aliphatic rings. The lowest BCUT2D eigenvalue weighted by Crippen LogP contribution is -2.38. The molecule has 0 spiro atoms. The van der Waals surface area contributed by atoms with Crippen molar-refractivity contribution in [2.45, 2.75) is 30.7 Å². The van der Waals surface area contributed by atoms with Gasteiger partial charge in [0.2, 0.25) is 10.0 Å². The summed E-state index contributed by atoms with van der Waals surface area (Å²) in [6.45, 7) is 2.61. The van der Waals surface area contributed by atoms with Gasteiger partial charge in [-0.2, -0.15) is 16.1 Å². The van der Waals surface area contributed by atoms with Crippen molar-refractivity contribution in [3.63, 3.8) is 0 Å². The van der Waals surface area contributed by atoms with Gasteiger partial charge in [-0.15, -0.1) is 24.0 Å². The zero-order chi connectivity index (χ0) is 18.1. The van der Waals surface area contributed by atoms with Gasteiger partial charge in [0, 0.05) is 39.0 Å². The third-order valence-corrected chi connectivity index (χ3v) is 6.64. The molecule has 0 aliphatic carbocycles. The fourth-order valence-corrected chi connectivity index (χ4v) is 4.64. The Kier molecular flexibility index (Phi) is 10.9. The highest BCUT2D eigenvalue weighted by atomic mass is 127. The Morgan fingerprint density at radius 1 is 1.23 bits per heavy atom. The SMILES string of the molecule is CN=C(NCCSC)NCc1cccc(S(=O)(=O)N2CCCCC2)c1.I. The molecule has 1 aromatic carbocycles. The Hall–Kier alpha value is -0.520. The van der Waals surface area contributed by atoms with Gasteiger partial charge in [0.25, 0.3) is 0 Å². The van der Waals surface area contributed by atoms with Crippen LogP contribution in [0.5, 0.6) is 0 Å². The van der Waals surface area contributed by atoms with E-state index < -0.39 is 10.0 Å². The number of hydrogen-bond acceptors (Lipinski definition) is 4. The van der Waals surface area contributed by atoms with Gasteiger partial charge >= 0.3 is 0 Å². The van der Waals surface area contributed by atoms with Gasteiger partial charge in [-0.05, 0) is 36.8 Å². The van der Waals surface area contributed by atoms with Crippen molar-refractivity contribution in [2.75, 3.05) is 38.7 Å². The smallest absolute Gasteiger partial charge is 0.243 e. The number of rotatable bonds is 7. The Bertz CT molecular complexity index is 677. The summed E-state index contributed by atoms with van der Waals surface area (Å²) < 4.78 is 27.2. The van der Waals surface area contributed by atoms with E-state index in [0.29, 0.717) is 24.5 Å². The van der Waals surface area contributed by atoms with Crippen molar-refractivity contribution in [2.24, 2.45) is 4.99 Å². The van der Waals surface area contributed by atoms with Gasteiger partial charge in [0.05, 0.1) is 4.90 Å². The molecule has 1 heterocycles. The van der Waals surface area contributed by atoms with Gasteiger partial charge in [0.15, 0.2) is 5.96 Å². The molecule has 1 saturated heterocycles. The molecule has 0 unspecified atom stereocenters. The van der Waals surface area contributed by atoms with E-state index in [0.717, 1.165) is 43.1 Å². The first-order chi connectivity index (χ1) is 12.1. The maximum absolute atomic E-state index is 12.8. The van der Waals surface area contributed by atoms with Crippen molar-refractivity contribution in [1.82, 2.24) is 14.9 Å². The van der Waals surface area contributed by atoms with Crippen LogP contribution in [0.25, 0.3) is 0 Å². The van der Waals surface area contributed by atoms with Gasteiger partial charge in [-0.1, -0.05) is 18.6 Å². The van der Waals surface area contributed by atoms with Crippen LogP contribution in [0.15, 0.2) is 34.2 Å². The number of halogens is 1. The standard InChI is InChI=1S/C17H28N4O2S2.HI/c1-18-17(19-9-12-24-2)20-14-15-7-6-8-16(13-15)25(22,23)21-10-4-3-5-11-21;/h6-8,13H,3-5,9-12,14H2,1-2H3,(H2,18,19,20);1H. The second-order valence-electron chi connectivity index (χ2n) is 5.96. The first-order valence-electron chi connectivity index (χ1n) is 8.60. The summed E-state index contributed by atoms with van der Waals surface area (Å²) in [7, 11) is -1.66. The summed E-state index contributed by atoms with van der Waals surface area (Å²) in [6, 6.07) is 7.17. The molecular formula is C17H29IN4O2S2. The van der Waals surface area contributed by atoms with Crippen LogP contribution in [-0.4, -0.2) is 57.4 Å². The monoisotopic (exact) mass is 512 g/mol. The van der Waals surface area contributed by atoms with Crippen molar-refractivity contribution in [3.8, 4) is 0 Å². The predicted octanol–water partition coefficient (Wildman–Crippen LogP) is 2.51. The maximum Gasteiger partial charge on any atom is 0.243 e. The fourth-order valence-electron chi connectivity index (χ4n) is 2.75. The first-order valence-corrected chi connectivity index (χ1v) is 11.4. The summed E-state index contributed by atoms with van der Waals surface area (Å²) >= 11 is 1.77. The van der Waals surface area contributed by atoms with Gasteiger partial charge in [0.1, 0.15) is 0 Å². The summed E-state index contributed by atoms with van der Waals surface area (Å²) in [6.07, 6.45) is 5.06. The number of benzene rings is 1. The molecule has 26 heavy (non-hydrogen) atoms. The minimum absolute atomic E-state index is 0. The van der Waals surface area contributed by atoms with Crippen LogP contribution in [0.4, 0.5) is 0 Å². The summed E-state index contributed by atoms with van der Waals surface area (Å²) in [5.41, 5.74) is 0.922. The highest BCUT2D eigenvalue weighted by molar-refractivity contribution is 14.0. The zero-order valence-corrected chi connectivity index (χ0v) is 19.4. The molecule has 148 valence electrons.